The number of amides is 2. The summed E-state index contributed by atoms with van der Waals surface area (Å²) in [5, 5.41) is 2.60. The minimum absolute atomic E-state index is 0.00850. The molecule has 0 saturated carbocycles. The third kappa shape index (κ3) is 4.70. The number of alkyl halides is 3. The molecule has 0 atom stereocenters. The van der Waals surface area contributed by atoms with E-state index < -0.39 is 41.0 Å². The summed E-state index contributed by atoms with van der Waals surface area (Å²) >= 11 is 5.92. The van der Waals surface area contributed by atoms with Gasteiger partial charge in [0.15, 0.2) is 0 Å². The summed E-state index contributed by atoms with van der Waals surface area (Å²) in [6.45, 7) is 0.435. The van der Waals surface area contributed by atoms with Gasteiger partial charge in [0.1, 0.15) is 5.82 Å². The van der Waals surface area contributed by atoms with E-state index in [0.29, 0.717) is 12.8 Å². The van der Waals surface area contributed by atoms with Gasteiger partial charge in [-0.25, -0.2) is 4.39 Å². The van der Waals surface area contributed by atoms with E-state index in [4.69, 9.17) is 11.6 Å². The number of halogens is 5. The highest BCUT2D eigenvalue weighted by molar-refractivity contribution is 6.33. The lowest BCUT2D eigenvalue weighted by atomic mass is 10.0. The Kier molecular flexibility index (Phi) is 6.12. The van der Waals surface area contributed by atoms with E-state index in [2.05, 4.69) is 5.32 Å². The van der Waals surface area contributed by atoms with Gasteiger partial charge in [-0.05, 0) is 37.1 Å². The van der Waals surface area contributed by atoms with Crippen LogP contribution in [-0.4, -0.2) is 35.8 Å². The molecule has 1 aliphatic heterocycles. The van der Waals surface area contributed by atoms with Gasteiger partial charge < -0.3 is 10.2 Å². The lowest BCUT2D eigenvalue weighted by Gasteiger charge is -2.32. The maximum Gasteiger partial charge on any atom is 0.417 e. The Balaban J connectivity index is 1.64. The van der Waals surface area contributed by atoms with Gasteiger partial charge in [-0.3, -0.25) is 9.59 Å². The Labute approximate surface area is 169 Å². The van der Waals surface area contributed by atoms with Gasteiger partial charge in [-0.15, -0.1) is 0 Å². The Hall–Kier alpha value is -2.61. The van der Waals surface area contributed by atoms with Gasteiger partial charge in [0.25, 0.3) is 11.8 Å². The second-order valence-electron chi connectivity index (χ2n) is 6.68. The van der Waals surface area contributed by atoms with Crippen LogP contribution < -0.4 is 5.32 Å². The van der Waals surface area contributed by atoms with Crippen LogP contribution in [-0.2, 0) is 6.18 Å². The Morgan fingerprint density at radius 2 is 1.69 bits per heavy atom. The predicted octanol–water partition coefficient (Wildman–Crippen LogP) is 4.53. The summed E-state index contributed by atoms with van der Waals surface area (Å²) in [4.78, 5) is 26.3. The average Bonchev–Trinajstić information content (AvgIpc) is 2.67. The molecule has 2 aromatic rings. The van der Waals surface area contributed by atoms with Crippen LogP contribution in [0.15, 0.2) is 42.5 Å². The zero-order valence-corrected chi connectivity index (χ0v) is 15.9. The molecule has 2 aromatic carbocycles. The maximum absolute atomic E-state index is 13.9. The van der Waals surface area contributed by atoms with E-state index in [1.165, 1.54) is 29.2 Å². The molecule has 1 fully saturated rings. The second kappa shape index (κ2) is 8.41. The fourth-order valence-corrected chi connectivity index (χ4v) is 3.52. The van der Waals surface area contributed by atoms with Crippen LogP contribution in [0.3, 0.4) is 0 Å². The monoisotopic (exact) mass is 428 g/mol. The molecule has 2 amide bonds. The van der Waals surface area contributed by atoms with Crippen LogP contribution in [0.25, 0.3) is 0 Å². The zero-order chi connectivity index (χ0) is 21.2. The number of likely N-dealkylation sites (tertiary alicyclic amines) is 1. The molecule has 1 aliphatic rings. The Morgan fingerprint density at radius 3 is 2.31 bits per heavy atom. The van der Waals surface area contributed by atoms with Crippen LogP contribution >= 0.6 is 11.6 Å². The number of hydrogen-bond acceptors (Lipinski definition) is 2. The molecule has 0 aromatic heterocycles. The standard InChI is InChI=1S/C20H17ClF4N2O2/c21-15-6-3-7-16(22)17(15)19(29)27-10-8-12(9-11-27)26-18(28)13-4-1-2-5-14(13)20(23,24)25/h1-7,12H,8-11H2,(H,26,28). The van der Waals surface area contributed by atoms with Gasteiger partial charge in [0.2, 0.25) is 0 Å². The fourth-order valence-electron chi connectivity index (χ4n) is 3.28. The van der Waals surface area contributed by atoms with Gasteiger partial charge >= 0.3 is 6.18 Å². The number of rotatable bonds is 3. The topological polar surface area (TPSA) is 49.4 Å². The molecule has 9 heteroatoms. The molecule has 0 bridgehead atoms. The summed E-state index contributed by atoms with van der Waals surface area (Å²) in [5.74, 6) is -2.10. The minimum atomic E-state index is -4.64. The van der Waals surface area contributed by atoms with Crippen LogP contribution in [0, 0.1) is 5.82 Å². The van der Waals surface area contributed by atoms with Crippen molar-refractivity contribution in [3.63, 3.8) is 0 Å². The molecule has 1 saturated heterocycles. The quantitative estimate of drug-likeness (QED) is 0.730. The third-order valence-corrected chi connectivity index (χ3v) is 5.09. The van der Waals surface area contributed by atoms with E-state index in [-0.39, 0.29) is 23.7 Å². The summed E-state index contributed by atoms with van der Waals surface area (Å²) < 4.78 is 53.2. The van der Waals surface area contributed by atoms with Crippen molar-refractivity contribution in [2.75, 3.05) is 13.1 Å². The SMILES string of the molecule is O=C(NC1CCN(C(=O)c2c(F)cccc2Cl)CC1)c1ccccc1C(F)(F)F. The van der Waals surface area contributed by atoms with Crippen LogP contribution in [0.4, 0.5) is 17.6 Å². The first-order valence-electron chi connectivity index (χ1n) is 8.89. The summed E-state index contributed by atoms with van der Waals surface area (Å²) in [5.41, 5.74) is -1.66. The van der Waals surface area contributed by atoms with Crippen LogP contribution in [0.2, 0.25) is 5.02 Å². The van der Waals surface area contributed by atoms with Crippen molar-refractivity contribution >= 4 is 23.4 Å². The van der Waals surface area contributed by atoms with Crippen molar-refractivity contribution in [1.82, 2.24) is 10.2 Å². The highest BCUT2D eigenvalue weighted by atomic mass is 35.5. The van der Waals surface area contributed by atoms with Crippen LogP contribution in [0.1, 0.15) is 39.1 Å². The van der Waals surface area contributed by atoms with Crippen molar-refractivity contribution in [3.8, 4) is 0 Å². The molecular formula is C20H17ClF4N2O2. The number of nitrogens with zero attached hydrogens (tertiary/aromatic N) is 1. The maximum atomic E-state index is 13.9. The molecule has 0 aliphatic carbocycles. The largest absolute Gasteiger partial charge is 0.417 e. The smallest absolute Gasteiger partial charge is 0.349 e. The molecule has 0 radical (unpaired) electrons. The van der Waals surface area contributed by atoms with Gasteiger partial charge in [-0.1, -0.05) is 29.8 Å². The number of carbonyl (C=O) groups excluding carboxylic acids is 2. The number of hydrogen-bond donors (Lipinski definition) is 1. The summed E-state index contributed by atoms with van der Waals surface area (Å²) in [6, 6.07) is 8.12. The molecule has 1 heterocycles. The zero-order valence-electron chi connectivity index (χ0n) is 15.1. The second-order valence-corrected chi connectivity index (χ2v) is 7.09. The first kappa shape index (κ1) is 21.1. The van der Waals surface area contributed by atoms with Crippen molar-refractivity contribution in [3.05, 3.63) is 70.0 Å². The fraction of sp³-hybridized carbons (Fsp3) is 0.300. The summed E-state index contributed by atoms with van der Waals surface area (Å²) in [7, 11) is 0. The predicted molar refractivity (Wildman–Crippen MR) is 99.2 cm³/mol. The average molecular weight is 429 g/mol. The normalized spacial score (nSPS) is 15.3. The van der Waals surface area contributed by atoms with Crippen LogP contribution in [0.5, 0.6) is 0 Å². The van der Waals surface area contributed by atoms with Crippen molar-refractivity contribution in [1.29, 1.82) is 0 Å². The molecule has 1 N–H and O–H groups in total. The lowest BCUT2D eigenvalue weighted by molar-refractivity contribution is -0.137. The number of nitrogens with one attached hydrogen (secondary N) is 1. The summed E-state index contributed by atoms with van der Waals surface area (Å²) in [6.07, 6.45) is -3.97. The van der Waals surface area contributed by atoms with E-state index in [1.807, 2.05) is 0 Å². The molecule has 0 spiro atoms. The number of piperidine rings is 1. The molecule has 3 rings (SSSR count). The first-order chi connectivity index (χ1) is 13.7. The number of benzene rings is 2. The van der Waals surface area contributed by atoms with Gasteiger partial charge in [0.05, 0.1) is 21.7 Å². The van der Waals surface area contributed by atoms with Gasteiger partial charge in [-0.2, -0.15) is 13.2 Å². The third-order valence-electron chi connectivity index (χ3n) is 4.77. The van der Waals surface area contributed by atoms with Crippen molar-refractivity contribution in [2.24, 2.45) is 0 Å². The number of carbonyl (C=O) groups is 2. The Bertz CT molecular complexity index is 905. The highest BCUT2D eigenvalue weighted by Gasteiger charge is 2.35. The van der Waals surface area contributed by atoms with Gasteiger partial charge in [0, 0.05) is 19.1 Å². The van der Waals surface area contributed by atoms with E-state index in [9.17, 15) is 27.2 Å². The minimum Gasteiger partial charge on any atom is -0.349 e. The molecule has 29 heavy (non-hydrogen) atoms. The first-order valence-corrected chi connectivity index (χ1v) is 9.26. The van der Waals surface area contributed by atoms with E-state index in [0.717, 1.165) is 18.2 Å². The van der Waals surface area contributed by atoms with Crippen molar-refractivity contribution < 1.29 is 27.2 Å². The molecule has 4 nitrogen and oxygen atoms in total. The van der Waals surface area contributed by atoms with E-state index >= 15 is 0 Å². The Morgan fingerprint density at radius 1 is 1.03 bits per heavy atom. The van der Waals surface area contributed by atoms with Crippen molar-refractivity contribution in [2.45, 2.75) is 25.1 Å². The lowest BCUT2D eigenvalue weighted by Crippen LogP contribution is -2.47. The molecule has 0 unspecified atom stereocenters. The van der Waals surface area contributed by atoms with E-state index in [1.54, 1.807) is 0 Å². The highest BCUT2D eigenvalue weighted by Crippen LogP contribution is 2.32. The molecular weight excluding hydrogens is 412 g/mol. The molecule has 154 valence electrons.